The zero-order valence-electron chi connectivity index (χ0n) is 14.9. The first kappa shape index (κ1) is 19.4. The zero-order valence-corrected chi connectivity index (χ0v) is 16.6. The number of amides is 1. The van der Waals surface area contributed by atoms with Crippen molar-refractivity contribution in [3.05, 3.63) is 45.7 Å². The first-order valence-electron chi connectivity index (χ1n) is 8.58. The van der Waals surface area contributed by atoms with Gasteiger partial charge in [0.15, 0.2) is 10.0 Å². The van der Waals surface area contributed by atoms with Gasteiger partial charge in [0, 0.05) is 11.0 Å². The second-order valence-electron chi connectivity index (χ2n) is 6.35. The Kier molecular flexibility index (Phi) is 4.98. The van der Waals surface area contributed by atoms with Gasteiger partial charge in [0.05, 0.1) is 16.7 Å². The minimum absolute atomic E-state index is 0.0134. The molecule has 4 heterocycles. The number of carbonyl (C=O) groups excluding carboxylic acids is 2. The Hall–Kier alpha value is -2.96. The number of allylic oxidation sites excluding steroid dienone is 1. The van der Waals surface area contributed by atoms with Gasteiger partial charge in [0.2, 0.25) is 5.91 Å². The number of β-lactam (4-membered cyclic amide) rings is 1. The summed E-state index contributed by atoms with van der Waals surface area (Å²) >= 11 is 2.18. The molecule has 10 nitrogen and oxygen atoms in total. The molecular weight excluding hydrogens is 418 g/mol. The van der Waals surface area contributed by atoms with E-state index >= 15 is 0 Å². The van der Waals surface area contributed by atoms with E-state index in [9.17, 15) is 19.7 Å². The van der Waals surface area contributed by atoms with Gasteiger partial charge >= 0.3 is 11.0 Å². The molecule has 2 aromatic rings. The highest BCUT2D eigenvalue weighted by molar-refractivity contribution is 7.22. The van der Waals surface area contributed by atoms with Crippen LogP contribution in [0.15, 0.2) is 29.9 Å². The molecule has 0 radical (unpaired) electrons. The average molecular weight is 433 g/mol. The maximum absolute atomic E-state index is 12.7. The average Bonchev–Trinajstić information content (AvgIpc) is 3.39. The van der Waals surface area contributed by atoms with Crippen LogP contribution in [-0.4, -0.2) is 50.4 Å². The fourth-order valence-electron chi connectivity index (χ4n) is 3.34. The Morgan fingerprint density at radius 3 is 3.00 bits per heavy atom. The van der Waals surface area contributed by atoms with Crippen molar-refractivity contribution in [1.82, 2.24) is 14.9 Å². The molecule has 0 unspecified atom stereocenters. The third-order valence-electron chi connectivity index (χ3n) is 4.68. The third-order valence-corrected chi connectivity index (χ3v) is 6.61. The van der Waals surface area contributed by atoms with Crippen LogP contribution in [0.3, 0.4) is 0 Å². The van der Waals surface area contributed by atoms with Gasteiger partial charge in [-0.1, -0.05) is 12.7 Å². The highest BCUT2D eigenvalue weighted by Gasteiger charge is 2.51. The number of aromatic nitrogens is 2. The molecule has 2 atom stereocenters. The summed E-state index contributed by atoms with van der Waals surface area (Å²) < 4.78 is 5.18. The molecule has 0 spiro atoms. The van der Waals surface area contributed by atoms with E-state index in [4.69, 9.17) is 10.5 Å². The summed E-state index contributed by atoms with van der Waals surface area (Å²) in [6.07, 6.45) is 3.74. The molecule has 0 aliphatic carbocycles. The number of rotatable bonds is 6. The Labute approximate surface area is 172 Å². The first-order valence-corrected chi connectivity index (χ1v) is 10.3. The lowest BCUT2D eigenvalue weighted by molar-refractivity contribution is -0.380. The number of nitrogens with two attached hydrogens (primary N) is 1. The Morgan fingerprint density at radius 1 is 1.52 bits per heavy atom. The number of carbonyl (C=O) groups is 2. The molecule has 150 valence electrons. The molecule has 0 aromatic carbocycles. The van der Waals surface area contributed by atoms with Crippen LogP contribution >= 0.6 is 22.7 Å². The molecule has 0 saturated carbocycles. The molecule has 4 rings (SSSR count). The van der Waals surface area contributed by atoms with Crippen molar-refractivity contribution in [2.45, 2.75) is 24.9 Å². The van der Waals surface area contributed by atoms with Crippen LogP contribution in [0.25, 0.3) is 15.6 Å². The number of fused-ring (bicyclic) bond motifs is 1. The Morgan fingerprint density at radius 2 is 2.31 bits per heavy atom. The van der Waals surface area contributed by atoms with E-state index in [0.29, 0.717) is 34.1 Å². The number of thiazole rings is 2. The van der Waals surface area contributed by atoms with Gasteiger partial charge in [-0.15, -0.1) is 11.3 Å². The van der Waals surface area contributed by atoms with Crippen molar-refractivity contribution in [2.24, 2.45) is 5.73 Å². The van der Waals surface area contributed by atoms with Gasteiger partial charge < -0.3 is 10.5 Å². The van der Waals surface area contributed by atoms with E-state index in [2.05, 4.69) is 16.5 Å². The van der Waals surface area contributed by atoms with Crippen molar-refractivity contribution in [1.29, 1.82) is 0 Å². The first-order chi connectivity index (χ1) is 13.9. The number of nitro groups is 1. The summed E-state index contributed by atoms with van der Waals surface area (Å²) in [5.74, 6) is -0.965. The number of hydrogen-bond donors (Lipinski definition) is 1. The van der Waals surface area contributed by atoms with Crippen molar-refractivity contribution in [3.8, 4) is 10.0 Å². The molecule has 1 fully saturated rings. The lowest BCUT2D eigenvalue weighted by Gasteiger charge is -2.48. The Bertz CT molecular complexity index is 1060. The smallest absolute Gasteiger partial charge is 0.355 e. The maximum Gasteiger partial charge on any atom is 0.355 e. The standard InChI is InChI=1S/C17H15N5O5S2/c1-2-5-27-17(24)13-8(3-4-10-12(18)16(23)21(10)13)9-7-28-15(20-9)14-19-6-11(29-14)22(25)26/h2,6-7,10,12H,1,3-5,18H2/t10-,12+/m1/s1. The van der Waals surface area contributed by atoms with Gasteiger partial charge in [0.1, 0.15) is 24.5 Å². The zero-order chi connectivity index (χ0) is 20.7. The number of hydrogen-bond acceptors (Lipinski definition) is 10. The monoisotopic (exact) mass is 433 g/mol. The fraction of sp³-hybridized carbons (Fsp3) is 0.294. The maximum atomic E-state index is 12.7. The highest BCUT2D eigenvalue weighted by atomic mass is 32.1. The quantitative estimate of drug-likeness (QED) is 0.239. The van der Waals surface area contributed by atoms with Crippen molar-refractivity contribution in [3.63, 3.8) is 0 Å². The second-order valence-corrected chi connectivity index (χ2v) is 8.22. The summed E-state index contributed by atoms with van der Waals surface area (Å²) in [6, 6.07) is -0.863. The Balaban J connectivity index is 1.72. The number of nitrogens with zero attached hydrogens (tertiary/aromatic N) is 4. The summed E-state index contributed by atoms with van der Waals surface area (Å²) in [4.78, 5) is 45.3. The van der Waals surface area contributed by atoms with Gasteiger partial charge in [-0.3, -0.25) is 19.8 Å². The number of ether oxygens (including phenoxy) is 1. The fourth-order valence-corrected chi connectivity index (χ4v) is 4.95. The highest BCUT2D eigenvalue weighted by Crippen LogP contribution is 2.41. The van der Waals surface area contributed by atoms with Crippen LogP contribution in [-0.2, 0) is 14.3 Å². The lowest BCUT2D eigenvalue weighted by atomic mass is 9.83. The topological polar surface area (TPSA) is 142 Å². The third kappa shape index (κ3) is 3.24. The SMILES string of the molecule is C=CCOC(=O)C1=C(c2csc(-c3ncc([N+](=O)[O-])s3)n2)CC[C@@H]2[C@H](N)C(=O)N12. The molecular formula is C17H15N5O5S2. The minimum atomic E-state index is -0.635. The molecule has 1 saturated heterocycles. The van der Waals surface area contributed by atoms with Gasteiger partial charge in [-0.05, 0) is 24.2 Å². The van der Waals surface area contributed by atoms with Crippen LogP contribution < -0.4 is 5.73 Å². The van der Waals surface area contributed by atoms with Crippen molar-refractivity contribution >= 4 is 45.1 Å². The van der Waals surface area contributed by atoms with Crippen LogP contribution in [0.1, 0.15) is 18.5 Å². The summed E-state index contributed by atoms with van der Waals surface area (Å²) in [6.45, 7) is 3.54. The normalized spacial score (nSPS) is 20.9. The van der Waals surface area contributed by atoms with Crippen molar-refractivity contribution in [2.75, 3.05) is 6.61 Å². The number of esters is 1. The summed E-state index contributed by atoms with van der Waals surface area (Å²) in [5, 5.41) is 13.5. The molecule has 1 amide bonds. The van der Waals surface area contributed by atoms with Crippen LogP contribution in [0, 0.1) is 10.1 Å². The predicted octanol–water partition coefficient (Wildman–Crippen LogP) is 1.95. The van der Waals surface area contributed by atoms with Gasteiger partial charge in [-0.2, -0.15) is 0 Å². The largest absolute Gasteiger partial charge is 0.457 e. The van der Waals surface area contributed by atoms with Crippen LogP contribution in [0.5, 0.6) is 0 Å². The molecule has 12 heteroatoms. The van der Waals surface area contributed by atoms with Gasteiger partial charge in [-0.25, -0.2) is 14.8 Å². The second kappa shape index (κ2) is 7.46. The van der Waals surface area contributed by atoms with E-state index < -0.39 is 16.9 Å². The van der Waals surface area contributed by atoms with E-state index in [0.717, 1.165) is 11.3 Å². The van der Waals surface area contributed by atoms with Crippen LogP contribution in [0.2, 0.25) is 0 Å². The van der Waals surface area contributed by atoms with Crippen LogP contribution in [0.4, 0.5) is 5.00 Å². The molecule has 29 heavy (non-hydrogen) atoms. The molecule has 2 N–H and O–H groups in total. The molecule has 2 aliphatic heterocycles. The minimum Gasteiger partial charge on any atom is -0.457 e. The molecule has 2 aliphatic rings. The van der Waals surface area contributed by atoms with Crippen molar-refractivity contribution < 1.29 is 19.2 Å². The molecule has 2 aromatic heterocycles. The predicted molar refractivity (Wildman–Crippen MR) is 106 cm³/mol. The summed E-state index contributed by atoms with van der Waals surface area (Å²) in [5.41, 5.74) is 7.12. The molecule has 0 bridgehead atoms. The van der Waals surface area contributed by atoms with E-state index in [1.165, 1.54) is 28.5 Å². The van der Waals surface area contributed by atoms with E-state index in [1.54, 1.807) is 5.38 Å². The van der Waals surface area contributed by atoms with Gasteiger partial charge in [0.25, 0.3) is 0 Å². The summed E-state index contributed by atoms with van der Waals surface area (Å²) in [7, 11) is 0. The lowest BCUT2D eigenvalue weighted by Crippen LogP contribution is -2.69. The van der Waals surface area contributed by atoms with E-state index in [-0.39, 0.29) is 29.3 Å². The van der Waals surface area contributed by atoms with E-state index in [1.807, 2.05) is 0 Å².